The molecule has 1 aliphatic heterocycles. The number of amides is 1. The van der Waals surface area contributed by atoms with Crippen molar-refractivity contribution in [1.82, 2.24) is 20.4 Å². The van der Waals surface area contributed by atoms with E-state index in [-0.39, 0.29) is 24.2 Å². The number of para-hydroxylation sites is 1. The molecule has 0 aliphatic carbocycles. The number of carbonyl (C=O) groups excluding carboxylic acids is 1. The maximum Gasteiger partial charge on any atom is 0.223 e. The number of hydrogen-bond acceptors (Lipinski definition) is 3. The molecule has 5 nitrogen and oxygen atoms in total. The third kappa shape index (κ3) is 4.41. The van der Waals surface area contributed by atoms with Gasteiger partial charge in [-0.05, 0) is 52.3 Å². The van der Waals surface area contributed by atoms with E-state index in [1.165, 1.54) is 0 Å². The lowest BCUT2D eigenvalue weighted by molar-refractivity contribution is -0.126. The third-order valence-corrected chi connectivity index (χ3v) is 4.88. The highest BCUT2D eigenvalue weighted by Crippen LogP contribution is 2.19. The molecule has 136 valence electrons. The molecule has 0 radical (unpaired) electrons. The summed E-state index contributed by atoms with van der Waals surface area (Å²) < 4.78 is 1.95. The van der Waals surface area contributed by atoms with Crippen molar-refractivity contribution in [3.63, 3.8) is 0 Å². The Morgan fingerprint density at radius 3 is 2.72 bits per heavy atom. The van der Waals surface area contributed by atoms with E-state index < -0.39 is 0 Å². The van der Waals surface area contributed by atoms with Crippen molar-refractivity contribution in [2.24, 2.45) is 5.92 Å². The molecule has 1 aromatic heterocycles. The second-order valence-electron chi connectivity index (χ2n) is 6.69. The van der Waals surface area contributed by atoms with Gasteiger partial charge in [0, 0.05) is 29.8 Å². The maximum atomic E-state index is 12.5. The van der Waals surface area contributed by atoms with Crippen molar-refractivity contribution in [2.75, 3.05) is 6.54 Å². The van der Waals surface area contributed by atoms with Crippen molar-refractivity contribution in [3.8, 4) is 5.69 Å². The number of nitrogens with one attached hydrogen (secondary N) is 2. The molecule has 6 heteroatoms. The Balaban J connectivity index is 0.00000225. The monoisotopic (exact) mass is 362 g/mol. The van der Waals surface area contributed by atoms with Crippen LogP contribution in [0.3, 0.4) is 0 Å². The van der Waals surface area contributed by atoms with Crippen LogP contribution < -0.4 is 10.6 Å². The molecule has 0 saturated carbocycles. The maximum absolute atomic E-state index is 12.5. The zero-order valence-electron chi connectivity index (χ0n) is 15.1. The van der Waals surface area contributed by atoms with Crippen molar-refractivity contribution < 1.29 is 4.79 Å². The molecule has 1 fully saturated rings. The molecule has 25 heavy (non-hydrogen) atoms. The molecule has 1 aromatic carbocycles. The van der Waals surface area contributed by atoms with Gasteiger partial charge in [0.05, 0.1) is 11.4 Å². The highest BCUT2D eigenvalue weighted by Gasteiger charge is 2.25. The summed E-state index contributed by atoms with van der Waals surface area (Å²) in [6.45, 7) is 7.66. The van der Waals surface area contributed by atoms with Crippen molar-refractivity contribution in [1.29, 1.82) is 0 Å². The summed E-state index contributed by atoms with van der Waals surface area (Å²) in [5.74, 6) is 0.278. The summed E-state index contributed by atoms with van der Waals surface area (Å²) in [6, 6.07) is 10.5. The normalized spacial score (nSPS) is 20.0. The van der Waals surface area contributed by atoms with E-state index in [1.807, 2.05) is 41.9 Å². The van der Waals surface area contributed by atoms with Gasteiger partial charge in [0.2, 0.25) is 5.91 Å². The van der Waals surface area contributed by atoms with E-state index in [9.17, 15) is 4.79 Å². The van der Waals surface area contributed by atoms with E-state index >= 15 is 0 Å². The lowest BCUT2D eigenvalue weighted by Crippen LogP contribution is -2.42. The molecule has 3 rings (SSSR count). The fourth-order valence-corrected chi connectivity index (χ4v) is 3.44. The first-order chi connectivity index (χ1) is 11.6. The first-order valence-electron chi connectivity index (χ1n) is 8.68. The van der Waals surface area contributed by atoms with Crippen LogP contribution in [-0.4, -0.2) is 28.3 Å². The molecular weight excluding hydrogens is 336 g/mol. The van der Waals surface area contributed by atoms with E-state index in [0.717, 1.165) is 42.0 Å². The van der Waals surface area contributed by atoms with Gasteiger partial charge in [-0.25, -0.2) is 4.68 Å². The largest absolute Gasteiger partial charge is 0.352 e. The smallest absolute Gasteiger partial charge is 0.223 e. The Morgan fingerprint density at radius 2 is 2.04 bits per heavy atom. The van der Waals surface area contributed by atoms with Crippen LogP contribution in [0.5, 0.6) is 0 Å². The third-order valence-electron chi connectivity index (χ3n) is 4.88. The van der Waals surface area contributed by atoms with Gasteiger partial charge < -0.3 is 10.6 Å². The van der Waals surface area contributed by atoms with E-state index in [2.05, 4.69) is 29.6 Å². The number of piperidine rings is 1. The minimum absolute atomic E-state index is 0. The summed E-state index contributed by atoms with van der Waals surface area (Å²) in [4.78, 5) is 12.5. The predicted molar refractivity (Wildman–Crippen MR) is 102 cm³/mol. The number of nitrogens with zero attached hydrogens (tertiary/aromatic N) is 2. The summed E-state index contributed by atoms with van der Waals surface area (Å²) in [5.41, 5.74) is 4.20. The number of rotatable bonds is 4. The summed E-state index contributed by atoms with van der Waals surface area (Å²) >= 11 is 0. The molecule has 1 amide bonds. The minimum atomic E-state index is 0. The Labute approximate surface area is 155 Å². The van der Waals surface area contributed by atoms with Gasteiger partial charge in [-0.3, -0.25) is 4.79 Å². The predicted octanol–water partition coefficient (Wildman–Crippen LogP) is 2.92. The average Bonchev–Trinajstić information content (AvgIpc) is 2.88. The van der Waals surface area contributed by atoms with E-state index in [1.54, 1.807) is 0 Å². The van der Waals surface area contributed by atoms with Gasteiger partial charge in [0.1, 0.15) is 0 Å². The first-order valence-corrected chi connectivity index (χ1v) is 8.68. The zero-order valence-corrected chi connectivity index (χ0v) is 15.9. The van der Waals surface area contributed by atoms with Crippen LogP contribution in [0.2, 0.25) is 0 Å². The van der Waals surface area contributed by atoms with Gasteiger partial charge in [-0.1, -0.05) is 18.2 Å². The average molecular weight is 363 g/mol. The van der Waals surface area contributed by atoms with Crippen LogP contribution in [0.1, 0.15) is 36.7 Å². The molecule has 2 aromatic rings. The molecule has 0 bridgehead atoms. The lowest BCUT2D eigenvalue weighted by Gasteiger charge is -2.27. The summed E-state index contributed by atoms with van der Waals surface area (Å²) in [7, 11) is 0. The van der Waals surface area contributed by atoms with Crippen molar-refractivity contribution in [2.45, 2.75) is 46.2 Å². The number of halogens is 1. The quantitative estimate of drug-likeness (QED) is 0.879. The van der Waals surface area contributed by atoms with Crippen LogP contribution >= 0.6 is 12.4 Å². The van der Waals surface area contributed by atoms with E-state index in [4.69, 9.17) is 0 Å². The molecule has 1 saturated heterocycles. The Kier molecular flexibility index (Phi) is 6.62. The zero-order chi connectivity index (χ0) is 17.1. The Morgan fingerprint density at radius 1 is 1.32 bits per heavy atom. The van der Waals surface area contributed by atoms with Gasteiger partial charge in [-0.2, -0.15) is 5.10 Å². The molecule has 2 N–H and O–H groups in total. The number of benzene rings is 1. The van der Waals surface area contributed by atoms with Gasteiger partial charge in [0.25, 0.3) is 0 Å². The van der Waals surface area contributed by atoms with Crippen LogP contribution in [0.25, 0.3) is 5.69 Å². The molecular formula is C19H27ClN4O. The number of aryl methyl sites for hydroxylation is 1. The van der Waals surface area contributed by atoms with Crippen LogP contribution in [0.15, 0.2) is 30.3 Å². The molecule has 0 unspecified atom stereocenters. The number of aromatic nitrogens is 2. The Bertz CT molecular complexity index is 714. The van der Waals surface area contributed by atoms with Gasteiger partial charge in [0.15, 0.2) is 0 Å². The summed E-state index contributed by atoms with van der Waals surface area (Å²) in [5, 5.41) is 11.1. The summed E-state index contributed by atoms with van der Waals surface area (Å²) in [6.07, 6.45) is 1.82. The fraction of sp³-hybridized carbons (Fsp3) is 0.474. The number of hydrogen-bond donors (Lipinski definition) is 2. The second kappa shape index (κ2) is 8.50. The number of carbonyl (C=O) groups is 1. The minimum Gasteiger partial charge on any atom is -0.352 e. The van der Waals surface area contributed by atoms with Gasteiger partial charge >= 0.3 is 0 Å². The lowest BCUT2D eigenvalue weighted by atomic mass is 9.92. The second-order valence-corrected chi connectivity index (χ2v) is 6.69. The molecule has 0 spiro atoms. The van der Waals surface area contributed by atoms with Crippen molar-refractivity contribution in [3.05, 3.63) is 47.3 Å². The highest BCUT2D eigenvalue weighted by molar-refractivity contribution is 5.85. The van der Waals surface area contributed by atoms with Crippen molar-refractivity contribution >= 4 is 18.3 Å². The SMILES string of the molecule is Cc1nn(-c2ccccc2)c(C)c1CNC(=O)[C@H]1CCN[C@@H](C)C1.Cl. The van der Waals surface area contributed by atoms with Gasteiger partial charge in [-0.15, -0.1) is 12.4 Å². The Hall–Kier alpha value is -1.85. The standard InChI is InChI=1S/C19H26N4O.ClH/c1-13-11-16(9-10-20-13)19(24)21-12-18-14(2)22-23(15(18)3)17-7-5-4-6-8-17;/h4-8,13,16,20H,9-12H2,1-3H3,(H,21,24);1H/t13-,16-;/m0./s1. The van der Waals surface area contributed by atoms with Crippen LogP contribution in [0, 0.1) is 19.8 Å². The van der Waals surface area contributed by atoms with Crippen LogP contribution in [0.4, 0.5) is 0 Å². The first kappa shape index (κ1) is 19.5. The fourth-order valence-electron chi connectivity index (χ4n) is 3.44. The molecule has 2 heterocycles. The van der Waals surface area contributed by atoms with E-state index in [0.29, 0.717) is 12.6 Å². The molecule has 2 atom stereocenters. The topological polar surface area (TPSA) is 59.0 Å². The van der Waals surface area contributed by atoms with Crippen LogP contribution in [-0.2, 0) is 11.3 Å². The highest BCUT2D eigenvalue weighted by atomic mass is 35.5. The molecule has 1 aliphatic rings.